The molecule has 2 fully saturated rings. The fourth-order valence-electron chi connectivity index (χ4n) is 4.27. The molecule has 3 rings (SSSR count). The van der Waals surface area contributed by atoms with Gasteiger partial charge < -0.3 is 10.0 Å². The molecular formula is C18H27N3O4S. The summed E-state index contributed by atoms with van der Waals surface area (Å²) in [4.78, 5) is 18.2. The average Bonchev–Trinajstić information content (AvgIpc) is 3.18. The minimum atomic E-state index is -3.59. The number of carboxylic acid groups (broad SMARTS) is 1. The maximum Gasteiger partial charge on any atom is 0.311 e. The van der Waals surface area contributed by atoms with Gasteiger partial charge in [0.15, 0.2) is 0 Å². The van der Waals surface area contributed by atoms with Crippen molar-refractivity contribution in [1.29, 1.82) is 0 Å². The Morgan fingerprint density at radius 2 is 2.15 bits per heavy atom. The van der Waals surface area contributed by atoms with E-state index in [0.717, 1.165) is 25.7 Å². The molecule has 1 saturated heterocycles. The molecule has 1 aliphatic heterocycles. The highest BCUT2D eigenvalue weighted by atomic mass is 32.2. The Morgan fingerprint density at radius 1 is 1.42 bits per heavy atom. The predicted molar refractivity (Wildman–Crippen MR) is 98.6 cm³/mol. The van der Waals surface area contributed by atoms with Crippen LogP contribution in [0.5, 0.6) is 0 Å². The van der Waals surface area contributed by atoms with Gasteiger partial charge in [0.05, 0.1) is 5.41 Å². The molecule has 2 N–H and O–H groups in total. The van der Waals surface area contributed by atoms with E-state index in [0.29, 0.717) is 25.3 Å². The minimum absolute atomic E-state index is 0.0898. The first-order valence-corrected chi connectivity index (χ1v) is 10.8. The summed E-state index contributed by atoms with van der Waals surface area (Å²) in [5.41, 5.74) is -0.677. The SMILES string of the molecule is CCC(CC)NS(=O)(=O)c1ccc(N2C[C@@H]3CCC[C@@]3(C(=O)O)C2)nc1. The number of hydrogen-bond acceptors (Lipinski definition) is 5. The number of hydrogen-bond donors (Lipinski definition) is 2. The van der Waals surface area contributed by atoms with Crippen molar-refractivity contribution in [2.75, 3.05) is 18.0 Å². The molecule has 0 radical (unpaired) electrons. The average molecular weight is 381 g/mol. The number of aromatic nitrogens is 1. The van der Waals surface area contributed by atoms with Gasteiger partial charge in [-0.2, -0.15) is 0 Å². The normalized spacial score (nSPS) is 25.7. The summed E-state index contributed by atoms with van der Waals surface area (Å²) in [5, 5.41) is 9.69. The van der Waals surface area contributed by atoms with Crippen LogP contribution in [0.1, 0.15) is 46.0 Å². The van der Waals surface area contributed by atoms with Gasteiger partial charge in [0, 0.05) is 25.3 Å². The maximum absolute atomic E-state index is 12.5. The van der Waals surface area contributed by atoms with Crippen LogP contribution in [0, 0.1) is 11.3 Å². The summed E-state index contributed by atoms with van der Waals surface area (Å²) in [7, 11) is -3.59. The van der Waals surface area contributed by atoms with Crippen LogP contribution in [0.2, 0.25) is 0 Å². The number of pyridine rings is 1. The first kappa shape index (κ1) is 19.1. The van der Waals surface area contributed by atoms with Crippen molar-refractivity contribution < 1.29 is 18.3 Å². The molecule has 2 heterocycles. The van der Waals surface area contributed by atoms with Crippen LogP contribution < -0.4 is 9.62 Å². The number of carbonyl (C=O) groups is 1. The van der Waals surface area contributed by atoms with Crippen LogP contribution in [0.3, 0.4) is 0 Å². The number of fused-ring (bicyclic) bond motifs is 1. The van der Waals surface area contributed by atoms with Crippen molar-refractivity contribution in [3.8, 4) is 0 Å². The van der Waals surface area contributed by atoms with Crippen molar-refractivity contribution in [2.45, 2.75) is 56.9 Å². The van der Waals surface area contributed by atoms with Crippen LogP contribution in [0.25, 0.3) is 0 Å². The van der Waals surface area contributed by atoms with E-state index < -0.39 is 21.4 Å². The second kappa shape index (κ2) is 7.15. The molecule has 0 spiro atoms. The zero-order valence-corrected chi connectivity index (χ0v) is 16.1. The smallest absolute Gasteiger partial charge is 0.311 e. The lowest BCUT2D eigenvalue weighted by molar-refractivity contribution is -0.149. The summed E-state index contributed by atoms with van der Waals surface area (Å²) in [6.45, 7) is 5.00. The third kappa shape index (κ3) is 3.32. The van der Waals surface area contributed by atoms with Gasteiger partial charge in [-0.3, -0.25) is 4.79 Å². The van der Waals surface area contributed by atoms with E-state index in [9.17, 15) is 18.3 Å². The molecule has 2 atom stereocenters. The summed E-state index contributed by atoms with van der Waals surface area (Å²) in [5.74, 6) is 0.0549. The van der Waals surface area contributed by atoms with Gasteiger partial charge in [-0.05, 0) is 43.7 Å². The molecule has 0 unspecified atom stereocenters. The van der Waals surface area contributed by atoms with Crippen molar-refractivity contribution in [1.82, 2.24) is 9.71 Å². The van der Waals surface area contributed by atoms with E-state index in [2.05, 4.69) is 9.71 Å². The molecule has 0 aromatic carbocycles. The fourth-order valence-corrected chi connectivity index (χ4v) is 5.62. The van der Waals surface area contributed by atoms with Crippen LogP contribution >= 0.6 is 0 Å². The van der Waals surface area contributed by atoms with Gasteiger partial charge >= 0.3 is 5.97 Å². The molecule has 26 heavy (non-hydrogen) atoms. The Bertz CT molecular complexity index is 761. The Kier molecular flexibility index (Phi) is 5.25. The van der Waals surface area contributed by atoms with E-state index in [1.54, 1.807) is 12.1 Å². The highest BCUT2D eigenvalue weighted by Crippen LogP contribution is 2.49. The number of nitrogens with one attached hydrogen (secondary N) is 1. The van der Waals surface area contributed by atoms with Gasteiger partial charge in [0.25, 0.3) is 0 Å². The molecule has 1 aromatic heterocycles. The van der Waals surface area contributed by atoms with Crippen LogP contribution in [0.4, 0.5) is 5.82 Å². The van der Waals surface area contributed by atoms with E-state index in [1.807, 2.05) is 18.7 Å². The molecule has 144 valence electrons. The quantitative estimate of drug-likeness (QED) is 0.751. The number of nitrogens with zero attached hydrogens (tertiary/aromatic N) is 2. The van der Waals surface area contributed by atoms with Gasteiger partial charge in [-0.1, -0.05) is 20.3 Å². The standard InChI is InChI=1S/C18H27N3O4S/c1-3-14(4-2)20-26(24,25)15-7-8-16(19-10-15)21-11-13-6-5-9-18(13,12-21)17(22)23/h7-8,10,13-14,20H,3-6,9,11-12H2,1-2H3,(H,22,23)/t13-,18+/m0/s1. The van der Waals surface area contributed by atoms with E-state index in [1.165, 1.54) is 6.20 Å². The molecule has 0 bridgehead atoms. The van der Waals surface area contributed by atoms with Crippen molar-refractivity contribution in [3.63, 3.8) is 0 Å². The fraction of sp³-hybridized carbons (Fsp3) is 0.667. The van der Waals surface area contributed by atoms with Crippen molar-refractivity contribution >= 4 is 21.8 Å². The van der Waals surface area contributed by atoms with E-state index >= 15 is 0 Å². The van der Waals surface area contributed by atoms with E-state index in [4.69, 9.17) is 0 Å². The number of sulfonamides is 1. The second-order valence-electron chi connectivity index (χ2n) is 7.42. The number of aliphatic carboxylic acids is 1. The first-order valence-electron chi connectivity index (χ1n) is 9.29. The van der Waals surface area contributed by atoms with E-state index in [-0.39, 0.29) is 16.9 Å². The zero-order chi connectivity index (χ0) is 18.9. The van der Waals surface area contributed by atoms with Gasteiger partial charge in [0.2, 0.25) is 10.0 Å². The van der Waals surface area contributed by atoms with Crippen LogP contribution in [-0.4, -0.2) is 43.6 Å². The molecule has 2 aliphatic rings. The first-order chi connectivity index (χ1) is 12.3. The lowest BCUT2D eigenvalue weighted by Gasteiger charge is -2.23. The molecular weight excluding hydrogens is 354 g/mol. The Hall–Kier alpha value is -1.67. The summed E-state index contributed by atoms with van der Waals surface area (Å²) >= 11 is 0. The largest absolute Gasteiger partial charge is 0.481 e. The Morgan fingerprint density at radius 3 is 2.69 bits per heavy atom. The third-order valence-corrected chi connectivity index (χ3v) is 7.46. The van der Waals surface area contributed by atoms with Gasteiger partial charge in [0.1, 0.15) is 10.7 Å². The predicted octanol–water partition coefficient (Wildman–Crippen LogP) is 2.24. The molecule has 1 saturated carbocycles. The molecule has 8 heteroatoms. The minimum Gasteiger partial charge on any atom is -0.481 e. The molecule has 0 amide bonds. The second-order valence-corrected chi connectivity index (χ2v) is 9.13. The molecule has 1 aromatic rings. The molecule has 1 aliphatic carbocycles. The summed E-state index contributed by atoms with van der Waals surface area (Å²) in [6, 6.07) is 3.14. The topological polar surface area (TPSA) is 99.6 Å². The Balaban J connectivity index is 1.76. The Labute approximate surface area is 154 Å². The van der Waals surface area contributed by atoms with Crippen molar-refractivity contribution in [3.05, 3.63) is 18.3 Å². The number of rotatable bonds is 7. The number of carboxylic acids is 1. The highest BCUT2D eigenvalue weighted by molar-refractivity contribution is 7.89. The third-order valence-electron chi connectivity index (χ3n) is 5.96. The summed E-state index contributed by atoms with van der Waals surface area (Å²) in [6.07, 6.45) is 5.41. The zero-order valence-electron chi connectivity index (χ0n) is 15.3. The molecule has 7 nitrogen and oxygen atoms in total. The van der Waals surface area contributed by atoms with Gasteiger partial charge in [-0.15, -0.1) is 0 Å². The monoisotopic (exact) mass is 381 g/mol. The van der Waals surface area contributed by atoms with Crippen LogP contribution in [0.15, 0.2) is 23.2 Å². The lowest BCUT2D eigenvalue weighted by Crippen LogP contribution is -2.36. The van der Waals surface area contributed by atoms with Gasteiger partial charge in [-0.25, -0.2) is 18.1 Å². The summed E-state index contributed by atoms with van der Waals surface area (Å²) < 4.78 is 27.6. The van der Waals surface area contributed by atoms with Crippen molar-refractivity contribution in [2.24, 2.45) is 11.3 Å². The number of anilines is 1. The van der Waals surface area contributed by atoms with Crippen LogP contribution in [-0.2, 0) is 14.8 Å². The highest BCUT2D eigenvalue weighted by Gasteiger charge is 2.55. The maximum atomic E-state index is 12.5. The lowest BCUT2D eigenvalue weighted by atomic mass is 9.81.